The monoisotopic (exact) mass is 252 g/mol. The predicted octanol–water partition coefficient (Wildman–Crippen LogP) is 3.05. The lowest BCUT2D eigenvalue weighted by Crippen LogP contribution is -2.06. The smallest absolute Gasteiger partial charge is 0.338 e. The van der Waals surface area contributed by atoms with E-state index in [1.165, 1.54) is 0 Å². The Bertz CT molecular complexity index is 387. The fourth-order valence-electron chi connectivity index (χ4n) is 1.45. The lowest BCUT2D eigenvalue weighted by atomic mass is 10.2. The number of benzene rings is 1. The van der Waals surface area contributed by atoms with Crippen LogP contribution in [0.2, 0.25) is 0 Å². The molecule has 0 bridgehead atoms. The first-order chi connectivity index (χ1) is 8.72. The molecule has 0 unspecified atom stereocenters. The molecule has 0 aromatic heterocycles. The zero-order chi connectivity index (χ0) is 13.4. The van der Waals surface area contributed by atoms with Gasteiger partial charge in [0, 0.05) is 0 Å². The van der Waals surface area contributed by atoms with Crippen molar-refractivity contribution >= 4 is 5.97 Å². The highest BCUT2D eigenvalue weighted by atomic mass is 16.5. The lowest BCUT2D eigenvalue weighted by Gasteiger charge is -2.12. The highest BCUT2D eigenvalue weighted by Crippen LogP contribution is 2.28. The maximum absolute atomic E-state index is 11.6. The molecule has 4 heteroatoms. The van der Waals surface area contributed by atoms with Crippen molar-refractivity contribution in [3.8, 4) is 11.5 Å². The van der Waals surface area contributed by atoms with Crippen molar-refractivity contribution in [3.63, 3.8) is 0 Å². The third-order valence-electron chi connectivity index (χ3n) is 2.22. The normalized spacial score (nSPS) is 9.94. The first-order valence-corrected chi connectivity index (χ1v) is 6.29. The van der Waals surface area contributed by atoms with Gasteiger partial charge in [-0.3, -0.25) is 0 Å². The van der Waals surface area contributed by atoms with E-state index in [2.05, 4.69) is 0 Å². The second-order valence-corrected chi connectivity index (χ2v) is 3.66. The van der Waals surface area contributed by atoms with Gasteiger partial charge in [-0.25, -0.2) is 4.79 Å². The molecule has 0 spiro atoms. The minimum Gasteiger partial charge on any atom is -0.490 e. The van der Waals surface area contributed by atoms with Gasteiger partial charge in [-0.15, -0.1) is 0 Å². The van der Waals surface area contributed by atoms with E-state index in [4.69, 9.17) is 14.2 Å². The predicted molar refractivity (Wildman–Crippen MR) is 69.4 cm³/mol. The first kappa shape index (κ1) is 14.4. The summed E-state index contributed by atoms with van der Waals surface area (Å²) in [4.78, 5) is 11.6. The Morgan fingerprint density at radius 3 is 2.44 bits per heavy atom. The van der Waals surface area contributed by atoms with E-state index in [1.54, 1.807) is 25.1 Å². The maximum Gasteiger partial charge on any atom is 0.338 e. The summed E-state index contributed by atoms with van der Waals surface area (Å²) in [6, 6.07) is 5.09. The molecular formula is C14H20O4. The molecule has 4 nitrogen and oxygen atoms in total. The van der Waals surface area contributed by atoms with E-state index in [9.17, 15) is 4.79 Å². The molecule has 0 atom stereocenters. The van der Waals surface area contributed by atoms with E-state index < -0.39 is 0 Å². The van der Waals surface area contributed by atoms with Crippen molar-refractivity contribution in [2.45, 2.75) is 27.2 Å². The van der Waals surface area contributed by atoms with Gasteiger partial charge in [0.1, 0.15) is 0 Å². The van der Waals surface area contributed by atoms with E-state index in [0.29, 0.717) is 36.9 Å². The Morgan fingerprint density at radius 1 is 1.06 bits per heavy atom. The zero-order valence-electron chi connectivity index (χ0n) is 11.2. The van der Waals surface area contributed by atoms with Gasteiger partial charge in [0.15, 0.2) is 11.5 Å². The molecule has 18 heavy (non-hydrogen) atoms. The zero-order valence-corrected chi connectivity index (χ0v) is 11.2. The summed E-state index contributed by atoms with van der Waals surface area (Å²) >= 11 is 0. The Balaban J connectivity index is 2.91. The summed E-state index contributed by atoms with van der Waals surface area (Å²) < 4.78 is 16.0. The molecule has 0 saturated heterocycles. The molecule has 0 N–H and O–H groups in total. The van der Waals surface area contributed by atoms with E-state index in [0.717, 1.165) is 6.42 Å². The van der Waals surface area contributed by atoms with Gasteiger partial charge < -0.3 is 14.2 Å². The van der Waals surface area contributed by atoms with Crippen LogP contribution in [0.25, 0.3) is 0 Å². The quantitative estimate of drug-likeness (QED) is 0.700. The van der Waals surface area contributed by atoms with Gasteiger partial charge in [-0.1, -0.05) is 6.92 Å². The number of hydrogen-bond donors (Lipinski definition) is 0. The van der Waals surface area contributed by atoms with Crippen LogP contribution >= 0.6 is 0 Å². The summed E-state index contributed by atoms with van der Waals surface area (Å²) in [5, 5.41) is 0. The summed E-state index contributed by atoms with van der Waals surface area (Å²) in [6.07, 6.45) is 0.922. The molecule has 0 saturated carbocycles. The Labute approximate surface area is 108 Å². The van der Waals surface area contributed by atoms with Crippen molar-refractivity contribution < 1.29 is 19.0 Å². The van der Waals surface area contributed by atoms with Gasteiger partial charge in [0.05, 0.1) is 25.4 Å². The van der Waals surface area contributed by atoms with E-state index in [-0.39, 0.29) is 5.97 Å². The maximum atomic E-state index is 11.6. The van der Waals surface area contributed by atoms with Crippen LogP contribution < -0.4 is 9.47 Å². The van der Waals surface area contributed by atoms with Gasteiger partial charge in [-0.2, -0.15) is 0 Å². The molecular weight excluding hydrogens is 232 g/mol. The molecule has 0 heterocycles. The third-order valence-corrected chi connectivity index (χ3v) is 2.22. The van der Waals surface area contributed by atoms with Crippen molar-refractivity contribution in [2.24, 2.45) is 0 Å². The van der Waals surface area contributed by atoms with Crippen LogP contribution in [-0.2, 0) is 4.74 Å². The Morgan fingerprint density at radius 2 is 1.83 bits per heavy atom. The summed E-state index contributed by atoms with van der Waals surface area (Å²) in [5.74, 6) is 0.892. The highest BCUT2D eigenvalue weighted by molar-refractivity contribution is 5.90. The van der Waals surface area contributed by atoms with Gasteiger partial charge in [-0.05, 0) is 38.5 Å². The number of hydrogen-bond acceptors (Lipinski definition) is 4. The second kappa shape index (κ2) is 7.58. The summed E-state index contributed by atoms with van der Waals surface area (Å²) in [6.45, 7) is 7.21. The van der Waals surface area contributed by atoms with Crippen LogP contribution in [0.15, 0.2) is 18.2 Å². The fourth-order valence-corrected chi connectivity index (χ4v) is 1.45. The molecule has 1 rings (SSSR count). The van der Waals surface area contributed by atoms with Crippen molar-refractivity contribution in [1.29, 1.82) is 0 Å². The van der Waals surface area contributed by atoms with Gasteiger partial charge in [0.2, 0.25) is 0 Å². The molecule has 0 amide bonds. The SMILES string of the molecule is CCCOc1ccc(C(=O)OCC)cc1OCC. The second-order valence-electron chi connectivity index (χ2n) is 3.66. The van der Waals surface area contributed by atoms with Crippen LogP contribution in [0.4, 0.5) is 0 Å². The van der Waals surface area contributed by atoms with Gasteiger partial charge in [0.25, 0.3) is 0 Å². The molecule has 0 aliphatic carbocycles. The van der Waals surface area contributed by atoms with Crippen molar-refractivity contribution in [1.82, 2.24) is 0 Å². The number of rotatable bonds is 7. The van der Waals surface area contributed by atoms with E-state index >= 15 is 0 Å². The Hall–Kier alpha value is -1.71. The lowest BCUT2D eigenvalue weighted by molar-refractivity contribution is 0.0526. The molecule has 0 radical (unpaired) electrons. The van der Waals surface area contributed by atoms with Gasteiger partial charge >= 0.3 is 5.97 Å². The Kier molecular flexibility index (Phi) is 6.05. The topological polar surface area (TPSA) is 44.8 Å². The molecule has 0 aliphatic heterocycles. The minimum absolute atomic E-state index is 0.347. The fraction of sp³-hybridized carbons (Fsp3) is 0.500. The number of esters is 1. The van der Waals surface area contributed by atoms with Crippen molar-refractivity contribution in [2.75, 3.05) is 19.8 Å². The number of carbonyl (C=O) groups excluding carboxylic acids is 1. The van der Waals surface area contributed by atoms with E-state index in [1.807, 2.05) is 13.8 Å². The van der Waals surface area contributed by atoms with Crippen LogP contribution in [0, 0.1) is 0 Å². The molecule has 0 fully saturated rings. The number of ether oxygens (including phenoxy) is 3. The highest BCUT2D eigenvalue weighted by Gasteiger charge is 2.12. The average molecular weight is 252 g/mol. The molecule has 1 aromatic carbocycles. The summed E-state index contributed by atoms with van der Waals surface area (Å²) in [7, 11) is 0. The van der Waals surface area contributed by atoms with Crippen LogP contribution in [0.5, 0.6) is 11.5 Å². The minimum atomic E-state index is -0.347. The van der Waals surface area contributed by atoms with Crippen LogP contribution in [0.1, 0.15) is 37.6 Å². The standard InChI is InChI=1S/C14H20O4/c1-4-9-18-12-8-7-11(14(15)17-6-3)10-13(12)16-5-2/h7-8,10H,4-6,9H2,1-3H3. The van der Waals surface area contributed by atoms with Crippen molar-refractivity contribution in [3.05, 3.63) is 23.8 Å². The summed E-state index contributed by atoms with van der Waals surface area (Å²) in [5.41, 5.74) is 0.476. The average Bonchev–Trinajstić information content (AvgIpc) is 2.38. The van der Waals surface area contributed by atoms with Crippen LogP contribution in [0.3, 0.4) is 0 Å². The largest absolute Gasteiger partial charge is 0.490 e. The molecule has 0 aliphatic rings. The molecule has 1 aromatic rings. The third kappa shape index (κ3) is 3.95. The first-order valence-electron chi connectivity index (χ1n) is 6.29. The molecule has 100 valence electrons. The van der Waals surface area contributed by atoms with Crippen LogP contribution in [-0.4, -0.2) is 25.8 Å². The number of carbonyl (C=O) groups is 1.